The Kier molecular flexibility index (Phi) is 3.87. The van der Waals surface area contributed by atoms with Crippen LogP contribution in [0.2, 0.25) is 5.02 Å². The van der Waals surface area contributed by atoms with Gasteiger partial charge in [0.2, 0.25) is 0 Å². The predicted octanol–water partition coefficient (Wildman–Crippen LogP) is 5.02. The first-order valence-electron chi connectivity index (χ1n) is 3.83. The molecule has 1 rings (SSSR count). The van der Waals surface area contributed by atoms with E-state index < -0.39 is 28.9 Å². The van der Waals surface area contributed by atoms with Crippen LogP contribution in [0.25, 0.3) is 0 Å². The van der Waals surface area contributed by atoms with Crippen LogP contribution in [0.5, 0.6) is 5.75 Å². The number of halogens is 8. The van der Waals surface area contributed by atoms with Crippen LogP contribution in [0.4, 0.5) is 26.3 Å². The summed E-state index contributed by atoms with van der Waals surface area (Å²) >= 11 is 8.05. The Bertz CT molecular complexity index is 427. The fourth-order valence-corrected chi connectivity index (χ4v) is 1.49. The van der Waals surface area contributed by atoms with Crippen molar-refractivity contribution >= 4 is 27.5 Å². The molecule has 0 aliphatic heterocycles. The molecule has 0 atom stereocenters. The quantitative estimate of drug-likeness (QED) is 0.651. The molecule has 0 spiro atoms. The Morgan fingerprint density at radius 1 is 1.06 bits per heavy atom. The summed E-state index contributed by atoms with van der Waals surface area (Å²) in [6, 6.07) is 1.32. The van der Waals surface area contributed by atoms with Crippen LogP contribution in [-0.2, 0) is 6.18 Å². The summed E-state index contributed by atoms with van der Waals surface area (Å²) in [5, 5.41) is -0.794. The van der Waals surface area contributed by atoms with Crippen molar-refractivity contribution in [3.63, 3.8) is 0 Å². The number of ether oxygens (including phenoxy) is 1. The topological polar surface area (TPSA) is 9.23 Å². The molecule has 0 aliphatic carbocycles. The summed E-state index contributed by atoms with van der Waals surface area (Å²) in [5.74, 6) is -1.47. The van der Waals surface area contributed by atoms with Crippen LogP contribution in [0.3, 0.4) is 0 Å². The molecular weight excluding hydrogens is 341 g/mol. The maximum absolute atomic E-state index is 12.4. The number of alkyl halides is 6. The molecule has 0 saturated carbocycles. The van der Waals surface area contributed by atoms with Gasteiger partial charge in [0.25, 0.3) is 0 Å². The van der Waals surface area contributed by atoms with E-state index in [1.165, 1.54) is 0 Å². The Hall–Kier alpha value is -0.630. The van der Waals surface area contributed by atoms with Crippen molar-refractivity contribution in [2.75, 3.05) is 0 Å². The molecule has 0 N–H and O–H groups in total. The van der Waals surface area contributed by atoms with Gasteiger partial charge in [-0.25, -0.2) is 0 Å². The van der Waals surface area contributed by atoms with Gasteiger partial charge in [-0.15, -0.1) is 13.2 Å². The molecule has 0 amide bonds. The summed E-state index contributed by atoms with van der Waals surface area (Å²) in [4.78, 5) is 0. The van der Waals surface area contributed by atoms with E-state index in [0.29, 0.717) is 6.07 Å². The third-order valence-electron chi connectivity index (χ3n) is 1.57. The lowest BCUT2D eigenvalue weighted by Gasteiger charge is -2.17. The largest absolute Gasteiger partial charge is 0.573 e. The number of hydrogen-bond donors (Lipinski definition) is 0. The van der Waals surface area contributed by atoms with Crippen molar-refractivity contribution in [2.24, 2.45) is 0 Å². The fourth-order valence-electron chi connectivity index (χ4n) is 0.971. The third kappa shape index (κ3) is 3.67. The summed E-state index contributed by atoms with van der Waals surface area (Å²) in [7, 11) is 0. The van der Waals surface area contributed by atoms with Gasteiger partial charge in [0.15, 0.2) is 5.75 Å². The van der Waals surface area contributed by atoms with Gasteiger partial charge >= 0.3 is 12.5 Å². The molecule has 0 fully saturated rings. The standard InChI is InChI=1S/C8H2BrClF6O/c9-4-2-1-3(7(11,12)13)6(5(4)10)17-8(14,15)16/h1-2H. The zero-order valence-electron chi connectivity index (χ0n) is 7.59. The highest BCUT2D eigenvalue weighted by Gasteiger charge is 2.40. The average molecular weight is 343 g/mol. The van der Waals surface area contributed by atoms with Crippen molar-refractivity contribution in [3.05, 3.63) is 27.2 Å². The second-order valence-corrected chi connectivity index (χ2v) is 4.02. The lowest BCUT2D eigenvalue weighted by molar-refractivity contribution is -0.276. The molecule has 1 aromatic rings. The van der Waals surface area contributed by atoms with Crippen molar-refractivity contribution < 1.29 is 31.1 Å². The zero-order chi connectivity index (χ0) is 13.4. The fraction of sp³-hybridized carbons (Fsp3) is 0.250. The maximum atomic E-state index is 12.4. The van der Waals surface area contributed by atoms with Crippen molar-refractivity contribution in [1.82, 2.24) is 0 Å². The van der Waals surface area contributed by atoms with Crippen molar-refractivity contribution in [2.45, 2.75) is 12.5 Å². The van der Waals surface area contributed by atoms with Gasteiger partial charge in [0, 0.05) is 4.47 Å². The van der Waals surface area contributed by atoms with E-state index in [-0.39, 0.29) is 4.47 Å². The minimum atomic E-state index is -5.26. The molecule has 0 saturated heterocycles. The molecule has 0 heterocycles. The molecule has 96 valence electrons. The summed E-state index contributed by atoms with van der Waals surface area (Å²) in [6.07, 6.45) is -10.3. The van der Waals surface area contributed by atoms with Crippen LogP contribution < -0.4 is 4.74 Å². The molecular formula is C8H2BrClF6O. The zero-order valence-corrected chi connectivity index (χ0v) is 9.93. The van der Waals surface area contributed by atoms with Gasteiger partial charge in [0.1, 0.15) is 0 Å². The minimum Gasteiger partial charge on any atom is -0.403 e. The monoisotopic (exact) mass is 342 g/mol. The normalized spacial score (nSPS) is 12.7. The smallest absolute Gasteiger partial charge is 0.403 e. The summed E-state index contributed by atoms with van der Waals surface area (Å²) in [6.45, 7) is 0. The van der Waals surface area contributed by atoms with E-state index in [4.69, 9.17) is 11.6 Å². The molecule has 0 radical (unpaired) electrons. The SMILES string of the molecule is FC(F)(F)Oc1c(C(F)(F)F)ccc(Br)c1Cl. The lowest BCUT2D eigenvalue weighted by atomic mass is 10.2. The number of benzene rings is 1. The molecule has 1 nitrogen and oxygen atoms in total. The molecule has 0 bridgehead atoms. The Morgan fingerprint density at radius 3 is 2.00 bits per heavy atom. The lowest BCUT2D eigenvalue weighted by Crippen LogP contribution is -2.20. The highest BCUT2D eigenvalue weighted by Crippen LogP contribution is 2.45. The van der Waals surface area contributed by atoms with E-state index in [0.717, 1.165) is 6.07 Å². The number of rotatable bonds is 1. The van der Waals surface area contributed by atoms with Crippen LogP contribution in [-0.4, -0.2) is 6.36 Å². The third-order valence-corrected chi connectivity index (χ3v) is 2.84. The van der Waals surface area contributed by atoms with Crippen LogP contribution >= 0.6 is 27.5 Å². The van der Waals surface area contributed by atoms with Gasteiger partial charge < -0.3 is 4.74 Å². The van der Waals surface area contributed by atoms with E-state index in [1.807, 2.05) is 0 Å². The average Bonchev–Trinajstić information content (AvgIpc) is 2.08. The number of hydrogen-bond acceptors (Lipinski definition) is 1. The van der Waals surface area contributed by atoms with Crippen LogP contribution in [0.1, 0.15) is 5.56 Å². The van der Waals surface area contributed by atoms with Crippen molar-refractivity contribution in [1.29, 1.82) is 0 Å². The highest BCUT2D eigenvalue weighted by molar-refractivity contribution is 9.10. The molecule has 0 unspecified atom stereocenters. The van der Waals surface area contributed by atoms with Gasteiger partial charge in [0.05, 0.1) is 10.6 Å². The predicted molar refractivity (Wildman–Crippen MR) is 50.8 cm³/mol. The second kappa shape index (κ2) is 4.56. The molecule has 0 aliphatic rings. The molecule has 17 heavy (non-hydrogen) atoms. The van der Waals surface area contributed by atoms with Crippen LogP contribution in [0.15, 0.2) is 16.6 Å². The van der Waals surface area contributed by atoms with Crippen LogP contribution in [0, 0.1) is 0 Å². The molecule has 0 aromatic heterocycles. The summed E-state index contributed by atoms with van der Waals surface area (Å²) in [5.41, 5.74) is -1.59. The van der Waals surface area contributed by atoms with Crippen molar-refractivity contribution in [3.8, 4) is 5.75 Å². The Labute approximate surface area is 104 Å². The minimum absolute atomic E-state index is 0.133. The Balaban J connectivity index is 3.37. The first kappa shape index (κ1) is 14.4. The van der Waals surface area contributed by atoms with Gasteiger partial charge in [-0.1, -0.05) is 11.6 Å². The molecule has 1 aromatic carbocycles. The van der Waals surface area contributed by atoms with Gasteiger partial charge in [-0.05, 0) is 28.1 Å². The van der Waals surface area contributed by atoms with E-state index in [1.54, 1.807) is 0 Å². The van der Waals surface area contributed by atoms with E-state index in [2.05, 4.69) is 20.7 Å². The Morgan fingerprint density at radius 2 is 1.59 bits per heavy atom. The second-order valence-electron chi connectivity index (χ2n) is 2.78. The van der Waals surface area contributed by atoms with E-state index in [9.17, 15) is 26.3 Å². The first-order chi connectivity index (χ1) is 7.52. The maximum Gasteiger partial charge on any atom is 0.573 e. The van der Waals surface area contributed by atoms with Gasteiger partial charge in [-0.2, -0.15) is 13.2 Å². The highest BCUT2D eigenvalue weighted by atomic mass is 79.9. The van der Waals surface area contributed by atoms with E-state index >= 15 is 0 Å². The summed E-state index contributed by atoms with van der Waals surface area (Å²) < 4.78 is 76.3. The molecule has 9 heteroatoms. The first-order valence-corrected chi connectivity index (χ1v) is 5.00. The van der Waals surface area contributed by atoms with Gasteiger partial charge in [-0.3, -0.25) is 0 Å².